The third-order valence-electron chi connectivity index (χ3n) is 4.07. The summed E-state index contributed by atoms with van der Waals surface area (Å²) in [5.74, 6) is 1.08. The van der Waals surface area contributed by atoms with Crippen molar-refractivity contribution >= 4 is 11.8 Å². The van der Waals surface area contributed by atoms with Crippen LogP contribution in [0.2, 0.25) is 0 Å². The van der Waals surface area contributed by atoms with E-state index in [0.717, 1.165) is 24.4 Å². The number of nitrogens with one attached hydrogen (secondary N) is 2. The molecule has 1 aromatic carbocycles. The van der Waals surface area contributed by atoms with Gasteiger partial charge in [0, 0.05) is 26.2 Å². The van der Waals surface area contributed by atoms with Gasteiger partial charge in [-0.3, -0.25) is 14.5 Å². The van der Waals surface area contributed by atoms with Gasteiger partial charge < -0.3 is 15.4 Å². The maximum atomic E-state index is 12.2. The van der Waals surface area contributed by atoms with Crippen LogP contribution in [0, 0.1) is 5.92 Å². The molecule has 1 unspecified atom stereocenters. The van der Waals surface area contributed by atoms with Gasteiger partial charge in [-0.2, -0.15) is 0 Å². The number of rotatable bonds is 7. The molecule has 2 rings (SSSR count). The van der Waals surface area contributed by atoms with Crippen molar-refractivity contribution < 1.29 is 14.3 Å². The summed E-state index contributed by atoms with van der Waals surface area (Å²) >= 11 is 0. The monoisotopic (exact) mass is 333 g/mol. The minimum absolute atomic E-state index is 0.0542. The van der Waals surface area contributed by atoms with E-state index >= 15 is 0 Å². The van der Waals surface area contributed by atoms with Gasteiger partial charge in [0.1, 0.15) is 5.75 Å². The average Bonchev–Trinajstić information content (AvgIpc) is 2.56. The van der Waals surface area contributed by atoms with Crippen LogP contribution in [0.1, 0.15) is 25.8 Å². The summed E-state index contributed by atoms with van der Waals surface area (Å²) in [6.45, 7) is 6.95. The fourth-order valence-electron chi connectivity index (χ4n) is 2.86. The van der Waals surface area contributed by atoms with Crippen LogP contribution in [0.25, 0.3) is 0 Å². The van der Waals surface area contributed by atoms with E-state index in [4.69, 9.17) is 4.74 Å². The minimum atomic E-state index is -0.378. The number of methoxy groups -OCH3 is 1. The fourth-order valence-corrected chi connectivity index (χ4v) is 2.86. The summed E-state index contributed by atoms with van der Waals surface area (Å²) in [6.07, 6.45) is 0.189. The zero-order valence-electron chi connectivity index (χ0n) is 14.7. The second-order valence-electron chi connectivity index (χ2n) is 6.52. The lowest BCUT2D eigenvalue weighted by Crippen LogP contribution is -2.57. The van der Waals surface area contributed by atoms with Gasteiger partial charge in [0.05, 0.1) is 19.6 Å². The van der Waals surface area contributed by atoms with Crippen LogP contribution in [0.5, 0.6) is 5.75 Å². The molecule has 0 radical (unpaired) electrons. The number of benzene rings is 1. The van der Waals surface area contributed by atoms with Gasteiger partial charge in [-0.1, -0.05) is 26.0 Å². The number of piperazine rings is 1. The van der Waals surface area contributed by atoms with Crippen molar-refractivity contribution in [3.05, 3.63) is 29.8 Å². The first-order chi connectivity index (χ1) is 11.5. The molecule has 1 saturated heterocycles. The van der Waals surface area contributed by atoms with E-state index in [1.807, 2.05) is 24.3 Å². The Morgan fingerprint density at radius 2 is 2.08 bits per heavy atom. The SMILES string of the molecule is COc1ccc(CNC(=O)CC2C(=O)NCCN2CC(C)C)cc1. The Bertz CT molecular complexity index is 557. The fraction of sp³-hybridized carbons (Fsp3) is 0.556. The molecule has 6 heteroatoms. The van der Waals surface area contributed by atoms with E-state index in [1.165, 1.54) is 0 Å². The quantitative estimate of drug-likeness (QED) is 0.785. The lowest BCUT2D eigenvalue weighted by atomic mass is 10.1. The highest BCUT2D eigenvalue weighted by molar-refractivity contribution is 5.88. The van der Waals surface area contributed by atoms with Crippen LogP contribution in [-0.4, -0.2) is 49.5 Å². The molecule has 132 valence electrons. The number of carbonyl (C=O) groups is 2. The molecule has 0 saturated carbocycles. The van der Waals surface area contributed by atoms with E-state index in [2.05, 4.69) is 29.4 Å². The van der Waals surface area contributed by atoms with Gasteiger partial charge >= 0.3 is 0 Å². The number of nitrogens with zero attached hydrogens (tertiary/aromatic N) is 1. The molecule has 2 N–H and O–H groups in total. The summed E-state index contributed by atoms with van der Waals surface area (Å²) in [4.78, 5) is 26.5. The van der Waals surface area contributed by atoms with E-state index in [0.29, 0.717) is 19.0 Å². The summed E-state index contributed by atoms with van der Waals surface area (Å²) in [6, 6.07) is 7.17. The van der Waals surface area contributed by atoms with Crippen LogP contribution < -0.4 is 15.4 Å². The second kappa shape index (κ2) is 8.68. The number of hydrogen-bond donors (Lipinski definition) is 2. The first-order valence-corrected chi connectivity index (χ1v) is 8.41. The third kappa shape index (κ3) is 5.23. The molecule has 6 nitrogen and oxygen atoms in total. The van der Waals surface area contributed by atoms with Crippen LogP contribution in [-0.2, 0) is 16.1 Å². The zero-order valence-corrected chi connectivity index (χ0v) is 14.7. The molecule has 1 heterocycles. The highest BCUT2D eigenvalue weighted by atomic mass is 16.5. The Morgan fingerprint density at radius 1 is 1.38 bits per heavy atom. The topological polar surface area (TPSA) is 70.7 Å². The Morgan fingerprint density at radius 3 is 2.71 bits per heavy atom. The van der Waals surface area contributed by atoms with Gasteiger partial charge in [-0.05, 0) is 23.6 Å². The molecular weight excluding hydrogens is 306 g/mol. The Hall–Kier alpha value is -2.08. The maximum Gasteiger partial charge on any atom is 0.237 e. The molecule has 0 spiro atoms. The predicted molar refractivity (Wildman–Crippen MR) is 92.7 cm³/mol. The molecule has 1 atom stereocenters. The van der Waals surface area contributed by atoms with Crippen molar-refractivity contribution in [2.75, 3.05) is 26.7 Å². The summed E-state index contributed by atoms with van der Waals surface area (Å²) in [5.41, 5.74) is 0.997. The highest BCUT2D eigenvalue weighted by Crippen LogP contribution is 2.13. The smallest absolute Gasteiger partial charge is 0.237 e. The zero-order chi connectivity index (χ0) is 17.5. The first kappa shape index (κ1) is 18.3. The Labute approximate surface area is 143 Å². The molecular formula is C18H27N3O3. The van der Waals surface area contributed by atoms with Crippen molar-refractivity contribution in [2.24, 2.45) is 5.92 Å². The minimum Gasteiger partial charge on any atom is -0.497 e. The van der Waals surface area contributed by atoms with Crippen LogP contribution in [0.15, 0.2) is 24.3 Å². The lowest BCUT2D eigenvalue weighted by molar-refractivity contribution is -0.134. The molecule has 1 aliphatic rings. The summed E-state index contributed by atoms with van der Waals surface area (Å²) in [5, 5.41) is 5.74. The molecule has 24 heavy (non-hydrogen) atoms. The largest absolute Gasteiger partial charge is 0.497 e. The number of carbonyl (C=O) groups excluding carboxylic acids is 2. The van der Waals surface area contributed by atoms with E-state index in [1.54, 1.807) is 7.11 Å². The normalized spacial score (nSPS) is 18.3. The van der Waals surface area contributed by atoms with Crippen molar-refractivity contribution in [3.63, 3.8) is 0 Å². The van der Waals surface area contributed by atoms with E-state index in [9.17, 15) is 9.59 Å². The average molecular weight is 333 g/mol. The van der Waals surface area contributed by atoms with Crippen molar-refractivity contribution in [1.82, 2.24) is 15.5 Å². The van der Waals surface area contributed by atoms with Crippen LogP contribution in [0.3, 0.4) is 0 Å². The number of amides is 2. The maximum absolute atomic E-state index is 12.2. The van der Waals surface area contributed by atoms with E-state index < -0.39 is 0 Å². The van der Waals surface area contributed by atoms with Crippen molar-refractivity contribution in [2.45, 2.75) is 32.9 Å². The Balaban J connectivity index is 1.87. The van der Waals surface area contributed by atoms with Crippen molar-refractivity contribution in [3.8, 4) is 5.75 Å². The third-order valence-corrected chi connectivity index (χ3v) is 4.07. The summed E-state index contributed by atoms with van der Waals surface area (Å²) < 4.78 is 5.11. The molecule has 0 aromatic heterocycles. The molecule has 0 bridgehead atoms. The van der Waals surface area contributed by atoms with Gasteiger partial charge in [-0.15, -0.1) is 0 Å². The standard InChI is InChI=1S/C18H27N3O3/c1-13(2)12-21-9-8-19-18(23)16(21)10-17(22)20-11-14-4-6-15(24-3)7-5-14/h4-7,13,16H,8-12H2,1-3H3,(H,19,23)(H,20,22). The van der Waals surface area contributed by atoms with Gasteiger partial charge in [0.15, 0.2) is 0 Å². The lowest BCUT2D eigenvalue weighted by Gasteiger charge is -2.35. The highest BCUT2D eigenvalue weighted by Gasteiger charge is 2.31. The molecule has 1 aliphatic heterocycles. The second-order valence-corrected chi connectivity index (χ2v) is 6.52. The van der Waals surface area contributed by atoms with Crippen LogP contribution in [0.4, 0.5) is 0 Å². The molecule has 1 aromatic rings. The van der Waals surface area contributed by atoms with Crippen LogP contribution >= 0.6 is 0 Å². The first-order valence-electron chi connectivity index (χ1n) is 8.41. The van der Waals surface area contributed by atoms with E-state index in [-0.39, 0.29) is 24.3 Å². The molecule has 2 amide bonds. The predicted octanol–water partition coefficient (Wildman–Crippen LogP) is 1.16. The van der Waals surface area contributed by atoms with Gasteiger partial charge in [0.25, 0.3) is 0 Å². The van der Waals surface area contributed by atoms with Gasteiger partial charge in [-0.25, -0.2) is 0 Å². The van der Waals surface area contributed by atoms with Crippen molar-refractivity contribution in [1.29, 1.82) is 0 Å². The Kier molecular flexibility index (Phi) is 6.61. The van der Waals surface area contributed by atoms with Gasteiger partial charge in [0.2, 0.25) is 11.8 Å². The molecule has 1 fully saturated rings. The number of ether oxygens (including phenoxy) is 1. The molecule has 0 aliphatic carbocycles. The summed E-state index contributed by atoms with van der Waals surface area (Å²) in [7, 11) is 1.62. The number of hydrogen-bond acceptors (Lipinski definition) is 4.